The molecule has 1 heterocycles. The highest BCUT2D eigenvalue weighted by Crippen LogP contribution is 2.23. The maximum atomic E-state index is 12.0. The summed E-state index contributed by atoms with van der Waals surface area (Å²) in [5.41, 5.74) is 0.494. The average molecular weight is 284 g/mol. The number of hydrogen-bond acceptors (Lipinski definition) is 3. The van der Waals surface area contributed by atoms with Crippen molar-refractivity contribution in [3.63, 3.8) is 0 Å². The first-order valence-electron chi connectivity index (χ1n) is 7.24. The van der Waals surface area contributed by atoms with Crippen LogP contribution in [0.5, 0.6) is 0 Å². The van der Waals surface area contributed by atoms with E-state index in [0.29, 0.717) is 18.3 Å². The van der Waals surface area contributed by atoms with E-state index >= 15 is 0 Å². The van der Waals surface area contributed by atoms with Gasteiger partial charge in [0.25, 0.3) is 5.56 Å². The van der Waals surface area contributed by atoms with Gasteiger partial charge >= 0.3 is 0 Å². The van der Waals surface area contributed by atoms with Crippen molar-refractivity contribution in [1.29, 1.82) is 0 Å². The molecule has 0 bridgehead atoms. The van der Waals surface area contributed by atoms with Crippen molar-refractivity contribution in [3.05, 3.63) is 21.6 Å². The van der Waals surface area contributed by atoms with Crippen LogP contribution in [0, 0.1) is 0 Å². The molecule has 1 aliphatic carbocycles. The lowest BCUT2D eigenvalue weighted by molar-refractivity contribution is 0.566. The normalized spacial score (nSPS) is 17.2. The number of aryl methyl sites for hydroxylation is 1. The Labute approximate surface area is 119 Å². The van der Waals surface area contributed by atoms with Gasteiger partial charge in [0.2, 0.25) is 0 Å². The molecule has 106 valence electrons. The van der Waals surface area contributed by atoms with E-state index in [2.05, 4.69) is 10.4 Å². The quantitative estimate of drug-likeness (QED) is 0.861. The molecule has 1 saturated carbocycles. The van der Waals surface area contributed by atoms with Crippen LogP contribution < -0.4 is 10.9 Å². The number of halogens is 1. The van der Waals surface area contributed by atoms with Gasteiger partial charge in [-0.2, -0.15) is 5.10 Å². The third-order valence-corrected chi connectivity index (χ3v) is 4.00. The van der Waals surface area contributed by atoms with E-state index in [4.69, 9.17) is 11.6 Å². The molecule has 0 atom stereocenters. The molecule has 0 amide bonds. The minimum absolute atomic E-state index is 0.192. The maximum Gasteiger partial charge on any atom is 0.287 e. The molecule has 1 aromatic rings. The number of aromatic nitrogens is 2. The average Bonchev–Trinajstić information content (AvgIpc) is 2.67. The van der Waals surface area contributed by atoms with Crippen LogP contribution >= 0.6 is 11.6 Å². The zero-order chi connectivity index (χ0) is 13.7. The van der Waals surface area contributed by atoms with E-state index in [-0.39, 0.29) is 10.6 Å². The summed E-state index contributed by atoms with van der Waals surface area (Å²) in [6, 6.07) is 0.420. The largest absolute Gasteiger partial charge is 0.380 e. The molecule has 1 aromatic heterocycles. The highest BCUT2D eigenvalue weighted by molar-refractivity contribution is 6.32. The van der Waals surface area contributed by atoms with E-state index < -0.39 is 0 Å². The number of rotatable bonds is 4. The van der Waals surface area contributed by atoms with Crippen LogP contribution in [0.3, 0.4) is 0 Å². The van der Waals surface area contributed by atoms with Gasteiger partial charge in [-0.1, -0.05) is 44.2 Å². The molecule has 4 nitrogen and oxygen atoms in total. The van der Waals surface area contributed by atoms with Gasteiger partial charge in [-0.15, -0.1) is 0 Å². The highest BCUT2D eigenvalue weighted by Gasteiger charge is 2.15. The maximum absolute atomic E-state index is 12.0. The molecule has 1 aliphatic rings. The monoisotopic (exact) mass is 283 g/mol. The number of hydrogen-bond donors (Lipinski definition) is 1. The second kappa shape index (κ2) is 6.94. The van der Waals surface area contributed by atoms with Crippen molar-refractivity contribution < 1.29 is 0 Å². The van der Waals surface area contributed by atoms with Gasteiger partial charge in [-0.05, 0) is 19.3 Å². The Morgan fingerprint density at radius 2 is 2.05 bits per heavy atom. The van der Waals surface area contributed by atoms with Crippen LogP contribution in [-0.2, 0) is 6.54 Å². The van der Waals surface area contributed by atoms with Crippen molar-refractivity contribution >= 4 is 17.3 Å². The van der Waals surface area contributed by atoms with Gasteiger partial charge in [0.15, 0.2) is 0 Å². The second-order valence-electron chi connectivity index (χ2n) is 5.23. The number of anilines is 1. The SMILES string of the molecule is CCCn1ncc(NC2CCCCCC2)c(Cl)c1=O. The van der Waals surface area contributed by atoms with Gasteiger partial charge < -0.3 is 5.32 Å². The molecule has 0 saturated heterocycles. The minimum Gasteiger partial charge on any atom is -0.380 e. The van der Waals surface area contributed by atoms with Crippen molar-refractivity contribution in [2.24, 2.45) is 0 Å². The molecule has 19 heavy (non-hydrogen) atoms. The first-order valence-corrected chi connectivity index (χ1v) is 7.62. The first kappa shape index (κ1) is 14.4. The van der Waals surface area contributed by atoms with Crippen LogP contribution in [0.1, 0.15) is 51.9 Å². The van der Waals surface area contributed by atoms with E-state index in [1.165, 1.54) is 30.4 Å². The number of nitrogens with one attached hydrogen (secondary N) is 1. The lowest BCUT2D eigenvalue weighted by Crippen LogP contribution is -2.26. The summed E-state index contributed by atoms with van der Waals surface area (Å²) in [5, 5.41) is 7.84. The Morgan fingerprint density at radius 3 is 2.68 bits per heavy atom. The van der Waals surface area contributed by atoms with Gasteiger partial charge in [-0.25, -0.2) is 4.68 Å². The van der Waals surface area contributed by atoms with Crippen LogP contribution in [0.2, 0.25) is 5.02 Å². The van der Waals surface area contributed by atoms with Gasteiger partial charge in [0.05, 0.1) is 11.9 Å². The zero-order valence-corrected chi connectivity index (χ0v) is 12.2. The molecule has 0 spiro atoms. The summed E-state index contributed by atoms with van der Waals surface area (Å²) in [5.74, 6) is 0. The van der Waals surface area contributed by atoms with Crippen molar-refractivity contribution in [3.8, 4) is 0 Å². The van der Waals surface area contributed by atoms with E-state index in [1.54, 1.807) is 6.20 Å². The van der Waals surface area contributed by atoms with Gasteiger partial charge in [0, 0.05) is 12.6 Å². The van der Waals surface area contributed by atoms with Crippen LogP contribution in [0.15, 0.2) is 11.0 Å². The Bertz CT molecular complexity index is 464. The van der Waals surface area contributed by atoms with Crippen molar-refractivity contribution in [1.82, 2.24) is 9.78 Å². The lowest BCUT2D eigenvalue weighted by atomic mass is 10.1. The molecule has 1 N–H and O–H groups in total. The Morgan fingerprint density at radius 1 is 1.37 bits per heavy atom. The fraction of sp³-hybridized carbons (Fsp3) is 0.714. The Hall–Kier alpha value is -1.03. The summed E-state index contributed by atoms with van der Waals surface area (Å²) in [4.78, 5) is 12.0. The topological polar surface area (TPSA) is 46.9 Å². The molecular formula is C14H22ClN3O. The third-order valence-electron chi connectivity index (χ3n) is 3.64. The zero-order valence-electron chi connectivity index (χ0n) is 11.5. The highest BCUT2D eigenvalue weighted by atomic mass is 35.5. The van der Waals surface area contributed by atoms with E-state index in [0.717, 1.165) is 19.3 Å². The smallest absolute Gasteiger partial charge is 0.287 e. The van der Waals surface area contributed by atoms with Crippen LogP contribution in [-0.4, -0.2) is 15.8 Å². The standard InChI is InChI=1S/C14H22ClN3O/c1-2-9-18-14(19)13(15)12(10-16-18)17-11-7-5-3-4-6-8-11/h10-11,17H,2-9H2,1H3. The van der Waals surface area contributed by atoms with Crippen LogP contribution in [0.4, 0.5) is 5.69 Å². The molecule has 0 aromatic carbocycles. The molecule has 0 aliphatic heterocycles. The summed E-state index contributed by atoms with van der Waals surface area (Å²) in [6.07, 6.45) is 9.96. The Balaban J connectivity index is 2.12. The van der Waals surface area contributed by atoms with E-state index in [9.17, 15) is 4.79 Å². The summed E-state index contributed by atoms with van der Waals surface area (Å²) >= 11 is 6.16. The fourth-order valence-electron chi connectivity index (χ4n) is 2.58. The predicted octanol–water partition coefficient (Wildman–Crippen LogP) is 3.44. The summed E-state index contributed by atoms with van der Waals surface area (Å²) in [7, 11) is 0. The van der Waals surface area contributed by atoms with Crippen molar-refractivity contribution in [2.75, 3.05) is 5.32 Å². The molecule has 1 fully saturated rings. The fourth-order valence-corrected chi connectivity index (χ4v) is 2.78. The van der Waals surface area contributed by atoms with E-state index in [1.807, 2.05) is 6.92 Å². The molecule has 0 unspecified atom stereocenters. The molecular weight excluding hydrogens is 262 g/mol. The summed E-state index contributed by atoms with van der Waals surface area (Å²) < 4.78 is 1.43. The van der Waals surface area contributed by atoms with Gasteiger partial charge in [0.1, 0.15) is 5.02 Å². The number of nitrogens with zero attached hydrogens (tertiary/aromatic N) is 2. The first-order chi connectivity index (χ1) is 9.22. The third kappa shape index (κ3) is 3.72. The molecule has 0 radical (unpaired) electrons. The van der Waals surface area contributed by atoms with Crippen LogP contribution in [0.25, 0.3) is 0 Å². The molecule has 2 rings (SSSR count). The second-order valence-corrected chi connectivity index (χ2v) is 5.61. The van der Waals surface area contributed by atoms with Gasteiger partial charge in [-0.3, -0.25) is 4.79 Å². The summed E-state index contributed by atoms with van der Waals surface area (Å²) in [6.45, 7) is 2.63. The lowest BCUT2D eigenvalue weighted by Gasteiger charge is -2.18. The molecule has 5 heteroatoms. The predicted molar refractivity (Wildman–Crippen MR) is 78.9 cm³/mol. The minimum atomic E-state index is -0.192. The Kier molecular flexibility index (Phi) is 5.25. The van der Waals surface area contributed by atoms with Crippen molar-refractivity contribution in [2.45, 2.75) is 64.5 Å².